The van der Waals surface area contributed by atoms with E-state index in [1.165, 1.54) is 18.0 Å². The Morgan fingerprint density at radius 3 is 2.80 bits per heavy atom. The molecule has 1 fully saturated rings. The maximum absolute atomic E-state index is 12.7. The smallest absolute Gasteiger partial charge is 0.242 e. The van der Waals surface area contributed by atoms with Crippen molar-refractivity contribution in [1.82, 2.24) is 4.90 Å². The van der Waals surface area contributed by atoms with Gasteiger partial charge in [-0.1, -0.05) is 45.9 Å². The van der Waals surface area contributed by atoms with Crippen LogP contribution in [0.3, 0.4) is 0 Å². The van der Waals surface area contributed by atoms with Gasteiger partial charge >= 0.3 is 0 Å². The Labute approximate surface area is 158 Å². The first-order valence-corrected chi connectivity index (χ1v) is 9.32. The van der Waals surface area contributed by atoms with Crippen molar-refractivity contribution >= 4 is 45.0 Å². The normalized spacial score (nSPS) is 19.2. The predicted octanol–water partition coefficient (Wildman–Crippen LogP) is 4.10. The minimum atomic E-state index is -0.210. The van der Waals surface area contributed by atoms with E-state index in [0.717, 1.165) is 10.0 Å². The van der Waals surface area contributed by atoms with Crippen molar-refractivity contribution in [3.8, 4) is 0 Å². The molecule has 1 atom stereocenters. The molecule has 1 aliphatic heterocycles. The van der Waals surface area contributed by atoms with Crippen molar-refractivity contribution in [2.75, 3.05) is 6.54 Å². The maximum atomic E-state index is 12.7. The van der Waals surface area contributed by atoms with Crippen LogP contribution in [0.15, 0.2) is 74.4 Å². The molecule has 0 saturated carbocycles. The molecule has 3 rings (SSSR count). The number of thioether (sulfide) groups is 1. The Bertz CT molecular complexity index is 800. The van der Waals surface area contributed by atoms with E-state index in [0.29, 0.717) is 23.9 Å². The monoisotopic (exact) mass is 417 g/mol. The second-order valence-electron chi connectivity index (χ2n) is 5.32. The lowest BCUT2D eigenvalue weighted by molar-refractivity contribution is -0.125. The van der Waals surface area contributed by atoms with Gasteiger partial charge in [0.1, 0.15) is 5.76 Å². The largest absolute Gasteiger partial charge is 0.463 e. The molecular weight excluding hydrogens is 402 g/mol. The van der Waals surface area contributed by atoms with Crippen LogP contribution < -0.4 is 0 Å². The number of amidine groups is 1. The molecule has 7 heteroatoms. The zero-order valence-electron chi connectivity index (χ0n) is 13.3. The van der Waals surface area contributed by atoms with Gasteiger partial charge in [0.2, 0.25) is 5.91 Å². The van der Waals surface area contributed by atoms with Gasteiger partial charge in [-0.25, -0.2) is 0 Å². The van der Waals surface area contributed by atoms with Gasteiger partial charge in [0, 0.05) is 11.0 Å². The lowest BCUT2D eigenvalue weighted by Gasteiger charge is -2.12. The fourth-order valence-electron chi connectivity index (χ4n) is 2.35. The van der Waals surface area contributed by atoms with Crippen molar-refractivity contribution in [1.29, 1.82) is 0 Å². The molecule has 1 unspecified atom stereocenters. The predicted molar refractivity (Wildman–Crippen MR) is 105 cm³/mol. The molecule has 2 aromatic rings. The highest BCUT2D eigenvalue weighted by molar-refractivity contribution is 9.10. The standard InChI is InChI=1S/C18H16BrN3O2S/c1-2-9-22-17(23)16(11-13-5-7-14(19)8-6-13)25-18(22)21-20-12-15-4-3-10-24-15/h2-8,10,12,16H,1,9,11H2/b20-12+,21-18-. The summed E-state index contributed by atoms with van der Waals surface area (Å²) in [4.78, 5) is 14.3. The molecule has 0 radical (unpaired) electrons. The number of benzene rings is 1. The molecule has 0 aliphatic carbocycles. The van der Waals surface area contributed by atoms with E-state index in [2.05, 4.69) is 32.7 Å². The first kappa shape index (κ1) is 17.7. The summed E-state index contributed by atoms with van der Waals surface area (Å²) in [7, 11) is 0. The Balaban J connectivity index is 1.74. The van der Waals surface area contributed by atoms with Crippen molar-refractivity contribution in [2.45, 2.75) is 11.7 Å². The molecule has 25 heavy (non-hydrogen) atoms. The number of nitrogens with zero attached hydrogens (tertiary/aromatic N) is 3. The summed E-state index contributed by atoms with van der Waals surface area (Å²) < 4.78 is 6.20. The third-order valence-corrected chi connectivity index (χ3v) is 5.23. The number of hydrogen-bond donors (Lipinski definition) is 0. The van der Waals surface area contributed by atoms with Gasteiger partial charge in [-0.15, -0.1) is 11.7 Å². The highest BCUT2D eigenvalue weighted by Gasteiger charge is 2.37. The summed E-state index contributed by atoms with van der Waals surface area (Å²) in [6, 6.07) is 11.5. The van der Waals surface area contributed by atoms with E-state index in [9.17, 15) is 4.79 Å². The third kappa shape index (κ3) is 4.49. The van der Waals surface area contributed by atoms with Crippen LogP contribution in [0.25, 0.3) is 0 Å². The van der Waals surface area contributed by atoms with E-state index >= 15 is 0 Å². The minimum absolute atomic E-state index is 0.0276. The SMILES string of the molecule is C=CCN1C(=O)C(Cc2ccc(Br)cc2)S/C1=N\N=C\c1ccco1. The molecule has 0 N–H and O–H groups in total. The maximum Gasteiger partial charge on any atom is 0.242 e. The molecule has 1 amide bonds. The Hall–Kier alpha value is -2.12. The van der Waals surface area contributed by atoms with E-state index < -0.39 is 0 Å². The zero-order valence-corrected chi connectivity index (χ0v) is 15.7. The summed E-state index contributed by atoms with van der Waals surface area (Å²) in [6.07, 6.45) is 5.42. The highest BCUT2D eigenvalue weighted by atomic mass is 79.9. The molecule has 1 saturated heterocycles. The summed E-state index contributed by atoms with van der Waals surface area (Å²) in [5.41, 5.74) is 1.10. The molecule has 5 nitrogen and oxygen atoms in total. The third-order valence-electron chi connectivity index (χ3n) is 3.54. The van der Waals surface area contributed by atoms with E-state index in [1.807, 2.05) is 24.3 Å². The first-order valence-electron chi connectivity index (χ1n) is 7.65. The van der Waals surface area contributed by atoms with Gasteiger partial charge in [-0.05, 0) is 36.2 Å². The lowest BCUT2D eigenvalue weighted by Crippen LogP contribution is -2.32. The molecule has 1 aromatic heterocycles. The Kier molecular flexibility index (Phi) is 5.88. The topological polar surface area (TPSA) is 58.2 Å². The quantitative estimate of drug-likeness (QED) is 0.403. The van der Waals surface area contributed by atoms with Crippen LogP contribution in [0.1, 0.15) is 11.3 Å². The van der Waals surface area contributed by atoms with Gasteiger partial charge < -0.3 is 4.42 Å². The summed E-state index contributed by atoms with van der Waals surface area (Å²) >= 11 is 4.85. The molecule has 1 aromatic carbocycles. The second-order valence-corrected chi connectivity index (χ2v) is 7.40. The Morgan fingerprint density at radius 2 is 2.12 bits per heavy atom. The van der Waals surface area contributed by atoms with E-state index in [-0.39, 0.29) is 11.2 Å². The molecule has 0 bridgehead atoms. The van der Waals surface area contributed by atoms with Gasteiger partial charge in [0.15, 0.2) is 5.17 Å². The average molecular weight is 418 g/mol. The van der Waals surface area contributed by atoms with Crippen molar-refractivity contribution in [3.63, 3.8) is 0 Å². The second kappa shape index (κ2) is 8.31. The lowest BCUT2D eigenvalue weighted by atomic mass is 10.1. The van der Waals surface area contributed by atoms with Crippen LogP contribution in [0, 0.1) is 0 Å². The van der Waals surface area contributed by atoms with E-state index in [1.54, 1.807) is 29.4 Å². The number of rotatable bonds is 6. The average Bonchev–Trinajstić information content (AvgIpc) is 3.21. The first-order chi connectivity index (χ1) is 12.2. The molecule has 2 heterocycles. The summed E-state index contributed by atoms with van der Waals surface area (Å²) in [5, 5.41) is 8.59. The van der Waals surface area contributed by atoms with Crippen molar-refractivity contribution < 1.29 is 9.21 Å². The van der Waals surface area contributed by atoms with E-state index in [4.69, 9.17) is 4.42 Å². The summed E-state index contributed by atoms with van der Waals surface area (Å²) in [6.45, 7) is 4.13. The fourth-order valence-corrected chi connectivity index (χ4v) is 3.76. The number of furan rings is 1. The van der Waals surface area contributed by atoms with Crippen LogP contribution >= 0.6 is 27.7 Å². The van der Waals surface area contributed by atoms with Crippen LogP contribution in [-0.2, 0) is 11.2 Å². The highest BCUT2D eigenvalue weighted by Crippen LogP contribution is 2.30. The van der Waals surface area contributed by atoms with Crippen LogP contribution in [0.4, 0.5) is 0 Å². The molecule has 128 valence electrons. The number of halogens is 1. The van der Waals surface area contributed by atoms with Gasteiger partial charge in [0.05, 0.1) is 17.7 Å². The number of carbonyl (C=O) groups excluding carboxylic acids is 1. The van der Waals surface area contributed by atoms with Crippen molar-refractivity contribution in [2.24, 2.45) is 10.2 Å². The van der Waals surface area contributed by atoms with Crippen molar-refractivity contribution in [3.05, 3.63) is 71.1 Å². The van der Waals surface area contributed by atoms with Gasteiger partial charge in [0.25, 0.3) is 0 Å². The molecule has 0 spiro atoms. The Morgan fingerprint density at radius 1 is 1.32 bits per heavy atom. The molecule has 1 aliphatic rings. The fraction of sp³-hybridized carbons (Fsp3) is 0.167. The zero-order chi connectivity index (χ0) is 17.6. The van der Waals surface area contributed by atoms with Gasteiger partial charge in [-0.2, -0.15) is 5.10 Å². The van der Waals surface area contributed by atoms with Crippen LogP contribution in [0.5, 0.6) is 0 Å². The van der Waals surface area contributed by atoms with Gasteiger partial charge in [-0.3, -0.25) is 9.69 Å². The minimum Gasteiger partial charge on any atom is -0.463 e. The number of carbonyl (C=O) groups is 1. The number of hydrogen-bond acceptors (Lipinski definition) is 5. The summed E-state index contributed by atoms with van der Waals surface area (Å²) in [5.74, 6) is 0.639. The molecular formula is C18H16BrN3O2S. The van der Waals surface area contributed by atoms with Crippen LogP contribution in [0.2, 0.25) is 0 Å². The van der Waals surface area contributed by atoms with Crippen LogP contribution in [-0.4, -0.2) is 34.0 Å². The number of amides is 1.